The van der Waals surface area contributed by atoms with Crippen LogP contribution in [0.5, 0.6) is 11.5 Å². The van der Waals surface area contributed by atoms with E-state index in [1.165, 1.54) is 4.57 Å². The number of carbonyl (C=O) groups is 1. The van der Waals surface area contributed by atoms with Crippen molar-refractivity contribution in [2.45, 2.75) is 26.8 Å². The summed E-state index contributed by atoms with van der Waals surface area (Å²) >= 11 is 0. The van der Waals surface area contributed by atoms with Crippen molar-refractivity contribution in [3.63, 3.8) is 0 Å². The average molecular weight is 526 g/mol. The third kappa shape index (κ3) is 4.79. The van der Waals surface area contributed by atoms with Crippen molar-refractivity contribution < 1.29 is 14.3 Å². The average Bonchev–Trinajstić information content (AvgIpc) is 3.52. The number of aromatic amines is 2. The second kappa shape index (κ2) is 10.5. The van der Waals surface area contributed by atoms with Crippen molar-refractivity contribution in [2.24, 2.45) is 4.99 Å². The number of fused-ring (bicyclic) bond motifs is 1. The number of amides is 1. The molecule has 5 rings (SSSR count). The van der Waals surface area contributed by atoms with Crippen LogP contribution in [-0.4, -0.2) is 41.2 Å². The zero-order valence-corrected chi connectivity index (χ0v) is 22.6. The zero-order chi connectivity index (χ0) is 27.7. The van der Waals surface area contributed by atoms with Crippen LogP contribution in [0, 0.1) is 6.92 Å². The fourth-order valence-corrected chi connectivity index (χ4v) is 4.94. The van der Waals surface area contributed by atoms with Crippen molar-refractivity contribution in [1.29, 1.82) is 0 Å². The molecule has 2 aromatic heterocycles. The van der Waals surface area contributed by atoms with Gasteiger partial charge in [0, 0.05) is 17.9 Å². The Bertz CT molecular complexity index is 1770. The van der Waals surface area contributed by atoms with E-state index in [-0.39, 0.29) is 11.5 Å². The Kier molecular flexibility index (Phi) is 6.98. The predicted octanol–water partition coefficient (Wildman–Crippen LogP) is 2.96. The zero-order valence-electron chi connectivity index (χ0n) is 22.6. The second-order valence-electron chi connectivity index (χ2n) is 9.37. The summed E-state index contributed by atoms with van der Waals surface area (Å²) in [7, 11) is 3.11. The molecule has 3 N–H and O–H groups in total. The molecule has 0 radical (unpaired) electrons. The number of likely N-dealkylation sites (N-methyl/N-ethyl adjacent to an activating group) is 1. The van der Waals surface area contributed by atoms with E-state index < -0.39 is 6.04 Å². The smallest absolute Gasteiger partial charge is 0.278 e. The third-order valence-electron chi connectivity index (χ3n) is 6.76. The van der Waals surface area contributed by atoms with Gasteiger partial charge in [-0.1, -0.05) is 29.8 Å². The minimum Gasteiger partial charge on any atom is -0.493 e. The van der Waals surface area contributed by atoms with Crippen LogP contribution in [-0.2, 0) is 4.79 Å². The molecule has 1 aliphatic heterocycles. The molecule has 4 aromatic rings. The van der Waals surface area contributed by atoms with Gasteiger partial charge < -0.3 is 24.8 Å². The van der Waals surface area contributed by atoms with Crippen LogP contribution >= 0.6 is 0 Å². The number of nitrogens with one attached hydrogen (secondary N) is 3. The number of nitrogens with zero attached hydrogens (tertiary/aromatic N) is 2. The Hall–Kier alpha value is -4.79. The molecule has 2 aromatic carbocycles. The second-order valence-corrected chi connectivity index (χ2v) is 9.37. The van der Waals surface area contributed by atoms with Crippen LogP contribution in [0.3, 0.4) is 0 Å². The molecule has 0 spiro atoms. The van der Waals surface area contributed by atoms with Crippen molar-refractivity contribution >= 4 is 12.0 Å². The number of hydrogen-bond donors (Lipinski definition) is 3. The number of aromatic nitrogens is 3. The highest BCUT2D eigenvalue weighted by atomic mass is 16.5. The van der Waals surface area contributed by atoms with E-state index >= 15 is 0 Å². The number of rotatable bonds is 7. The molecule has 39 heavy (non-hydrogen) atoms. The Morgan fingerprint density at radius 1 is 1.05 bits per heavy atom. The first-order valence-electron chi connectivity index (χ1n) is 12.7. The predicted molar refractivity (Wildman–Crippen MR) is 149 cm³/mol. The molecule has 1 unspecified atom stereocenters. The maximum atomic E-state index is 13.8. The van der Waals surface area contributed by atoms with Gasteiger partial charge in [-0.3, -0.25) is 14.2 Å². The Morgan fingerprint density at radius 3 is 2.56 bits per heavy atom. The van der Waals surface area contributed by atoms with Gasteiger partial charge in [0.15, 0.2) is 11.5 Å². The number of H-pyrrole nitrogens is 2. The van der Waals surface area contributed by atoms with Gasteiger partial charge in [0.05, 0.1) is 31.5 Å². The highest BCUT2D eigenvalue weighted by Gasteiger charge is 2.32. The number of hydrogen-bond acceptors (Lipinski definition) is 5. The van der Waals surface area contributed by atoms with Gasteiger partial charge in [0.1, 0.15) is 5.35 Å². The van der Waals surface area contributed by atoms with Gasteiger partial charge >= 0.3 is 0 Å². The molecular formula is C30H31N5O4. The Balaban J connectivity index is 1.66. The molecule has 0 saturated heterocycles. The first kappa shape index (κ1) is 25.8. The topological polar surface area (TPSA) is 114 Å². The SMILES string of the molecule is CCNC(=O)C1=C(C)N=c2[nH]/c(=C\c3ccc(-c4cccc(C)c4)[nH]3)c(=O)n2C1c1ccc(OC)c(OC)c1. The van der Waals surface area contributed by atoms with Gasteiger partial charge in [0.25, 0.3) is 11.5 Å². The number of imidazole rings is 1. The monoisotopic (exact) mass is 525 g/mol. The summed E-state index contributed by atoms with van der Waals surface area (Å²) in [5.74, 6) is 0.765. The fourth-order valence-electron chi connectivity index (χ4n) is 4.94. The van der Waals surface area contributed by atoms with Gasteiger partial charge in [-0.25, -0.2) is 4.99 Å². The number of methoxy groups -OCH3 is 2. The summed E-state index contributed by atoms with van der Waals surface area (Å²) in [5, 5.41) is 3.21. The lowest BCUT2D eigenvalue weighted by Gasteiger charge is -2.25. The molecule has 1 atom stereocenters. The lowest BCUT2D eigenvalue weighted by atomic mass is 9.94. The number of carbonyl (C=O) groups excluding carboxylic acids is 1. The molecule has 0 saturated carbocycles. The molecule has 200 valence electrons. The van der Waals surface area contributed by atoms with Crippen molar-refractivity contribution in [3.05, 3.63) is 104 Å². The first-order chi connectivity index (χ1) is 18.8. The molecule has 9 heteroatoms. The molecule has 0 fully saturated rings. The van der Waals surface area contributed by atoms with E-state index in [2.05, 4.69) is 26.3 Å². The number of allylic oxidation sites excluding steroid dienone is 1. The van der Waals surface area contributed by atoms with E-state index in [1.54, 1.807) is 39.4 Å². The summed E-state index contributed by atoms with van der Waals surface area (Å²) < 4.78 is 12.4. The molecule has 0 aliphatic carbocycles. The number of aryl methyl sites for hydroxylation is 1. The third-order valence-corrected chi connectivity index (χ3v) is 6.76. The normalized spacial score (nSPS) is 15.1. The Morgan fingerprint density at radius 2 is 1.85 bits per heavy atom. The highest BCUT2D eigenvalue weighted by Crippen LogP contribution is 2.35. The maximum Gasteiger partial charge on any atom is 0.278 e. The summed E-state index contributed by atoms with van der Waals surface area (Å²) in [5.41, 5.74) is 5.62. The van der Waals surface area contributed by atoms with Gasteiger partial charge in [-0.05, 0) is 68.3 Å². The summed E-state index contributed by atoms with van der Waals surface area (Å²) in [6, 6.07) is 16.8. The minimum atomic E-state index is -0.721. The number of benzene rings is 2. The minimum absolute atomic E-state index is 0.282. The van der Waals surface area contributed by atoms with Gasteiger partial charge in [-0.2, -0.15) is 0 Å². The van der Waals surface area contributed by atoms with E-state index in [0.29, 0.717) is 45.8 Å². The largest absolute Gasteiger partial charge is 0.493 e. The standard InChI is InChI=1S/C30H31N5O4/c1-6-31-28(36)26-18(3)32-30-34-23(16-21-11-12-22(33-21)19-9-7-8-17(2)14-19)29(37)35(30)27(26)20-10-13-24(38-4)25(15-20)39-5/h7-16,27,33H,6H2,1-5H3,(H,31,36)(H,32,34)/b23-16-. The Labute approximate surface area is 225 Å². The van der Waals surface area contributed by atoms with Crippen LogP contribution in [0.25, 0.3) is 17.3 Å². The van der Waals surface area contributed by atoms with Crippen LogP contribution in [0.2, 0.25) is 0 Å². The summed E-state index contributed by atoms with van der Waals surface area (Å²) in [6.45, 7) is 6.11. The quantitative estimate of drug-likeness (QED) is 0.344. The fraction of sp³-hybridized carbons (Fsp3) is 0.233. The number of ether oxygens (including phenoxy) is 2. The summed E-state index contributed by atoms with van der Waals surface area (Å²) in [6.07, 6.45) is 1.76. The van der Waals surface area contributed by atoms with Crippen molar-refractivity contribution in [2.75, 3.05) is 20.8 Å². The van der Waals surface area contributed by atoms with Crippen LogP contribution in [0.15, 0.2) is 75.7 Å². The van der Waals surface area contributed by atoms with E-state index in [1.807, 2.05) is 50.2 Å². The lowest BCUT2D eigenvalue weighted by Crippen LogP contribution is -2.41. The van der Waals surface area contributed by atoms with Gasteiger partial charge in [0.2, 0.25) is 5.62 Å². The van der Waals surface area contributed by atoms with Crippen LogP contribution in [0.4, 0.5) is 0 Å². The molecule has 1 aliphatic rings. The molecular weight excluding hydrogens is 494 g/mol. The van der Waals surface area contributed by atoms with Crippen LogP contribution in [0.1, 0.15) is 36.7 Å². The lowest BCUT2D eigenvalue weighted by molar-refractivity contribution is -0.117. The van der Waals surface area contributed by atoms with Crippen molar-refractivity contribution in [3.8, 4) is 22.8 Å². The first-order valence-corrected chi connectivity index (χ1v) is 12.7. The molecule has 0 bridgehead atoms. The van der Waals surface area contributed by atoms with Gasteiger partial charge in [-0.15, -0.1) is 0 Å². The highest BCUT2D eigenvalue weighted by molar-refractivity contribution is 5.95. The van der Waals surface area contributed by atoms with E-state index in [0.717, 1.165) is 22.5 Å². The summed E-state index contributed by atoms with van der Waals surface area (Å²) in [4.78, 5) is 38.2. The van der Waals surface area contributed by atoms with Crippen molar-refractivity contribution in [1.82, 2.24) is 19.9 Å². The maximum absolute atomic E-state index is 13.8. The van der Waals surface area contributed by atoms with E-state index in [9.17, 15) is 9.59 Å². The molecule has 9 nitrogen and oxygen atoms in total. The molecule has 1 amide bonds. The van der Waals surface area contributed by atoms with Crippen LogP contribution < -0.4 is 31.3 Å². The van der Waals surface area contributed by atoms with E-state index in [4.69, 9.17) is 9.47 Å². The molecule has 3 heterocycles.